The summed E-state index contributed by atoms with van der Waals surface area (Å²) in [4.78, 5) is 2.28. The lowest BCUT2D eigenvalue weighted by Gasteiger charge is -2.43. The summed E-state index contributed by atoms with van der Waals surface area (Å²) >= 11 is 0. The second-order valence-electron chi connectivity index (χ2n) is 5.02. The monoisotopic (exact) mass is 231 g/mol. The maximum Gasteiger partial charge on any atom is 0.0951 e. The van der Waals surface area contributed by atoms with Gasteiger partial charge >= 0.3 is 0 Å². The van der Waals surface area contributed by atoms with Crippen LogP contribution in [-0.2, 0) is 5.60 Å². The Morgan fingerprint density at radius 2 is 2.18 bits per heavy atom. The van der Waals surface area contributed by atoms with E-state index in [4.69, 9.17) is 0 Å². The van der Waals surface area contributed by atoms with E-state index in [0.29, 0.717) is 0 Å². The lowest BCUT2D eigenvalue weighted by atomic mass is 9.74. The molecule has 1 fully saturated rings. The van der Waals surface area contributed by atoms with Crippen LogP contribution < -0.4 is 0 Å². The Hall–Kier alpha value is -1.12. The van der Waals surface area contributed by atoms with Gasteiger partial charge in [0.2, 0.25) is 0 Å². The van der Waals surface area contributed by atoms with E-state index in [1.807, 2.05) is 36.4 Å². The number of likely N-dealkylation sites (tertiary alicyclic amines) is 1. The number of allylic oxidation sites excluding steroid dienone is 1. The first-order valence-electron chi connectivity index (χ1n) is 6.24. The zero-order chi connectivity index (χ0) is 12.3. The van der Waals surface area contributed by atoms with Gasteiger partial charge in [-0.05, 0) is 25.5 Å². The van der Waals surface area contributed by atoms with Crippen molar-refractivity contribution in [3.05, 3.63) is 48.6 Å². The van der Waals surface area contributed by atoms with Crippen LogP contribution in [0.2, 0.25) is 0 Å². The summed E-state index contributed by atoms with van der Waals surface area (Å²) in [5.41, 5.74) is 0.349. The third kappa shape index (κ3) is 2.43. The minimum Gasteiger partial charge on any atom is -0.385 e. The van der Waals surface area contributed by atoms with Crippen LogP contribution in [-0.4, -0.2) is 30.1 Å². The van der Waals surface area contributed by atoms with Crippen molar-refractivity contribution in [2.24, 2.45) is 5.92 Å². The molecule has 0 radical (unpaired) electrons. The zero-order valence-electron chi connectivity index (χ0n) is 10.5. The van der Waals surface area contributed by atoms with Crippen LogP contribution in [0.1, 0.15) is 18.4 Å². The fraction of sp³-hybridized carbons (Fsp3) is 0.467. The Morgan fingerprint density at radius 1 is 1.47 bits per heavy atom. The Balaban J connectivity index is 2.29. The van der Waals surface area contributed by atoms with Gasteiger partial charge in [0.1, 0.15) is 0 Å². The summed E-state index contributed by atoms with van der Waals surface area (Å²) < 4.78 is 0. The first-order valence-corrected chi connectivity index (χ1v) is 6.24. The zero-order valence-corrected chi connectivity index (χ0v) is 10.5. The van der Waals surface area contributed by atoms with Crippen molar-refractivity contribution in [2.45, 2.75) is 18.4 Å². The molecule has 1 aromatic carbocycles. The molecule has 0 bridgehead atoms. The third-order valence-corrected chi connectivity index (χ3v) is 3.81. The summed E-state index contributed by atoms with van der Waals surface area (Å²) in [6.07, 6.45) is 3.57. The molecule has 1 aromatic rings. The second kappa shape index (κ2) is 5.03. The fourth-order valence-corrected chi connectivity index (χ4v) is 2.76. The largest absolute Gasteiger partial charge is 0.385 e. The highest BCUT2D eigenvalue weighted by molar-refractivity contribution is 5.24. The van der Waals surface area contributed by atoms with Crippen LogP contribution in [0.15, 0.2) is 43.0 Å². The van der Waals surface area contributed by atoms with Gasteiger partial charge in [0.25, 0.3) is 0 Å². The summed E-state index contributed by atoms with van der Waals surface area (Å²) in [5, 5.41) is 11.0. The Bertz CT molecular complexity index is 376. The van der Waals surface area contributed by atoms with Gasteiger partial charge in [-0.15, -0.1) is 6.58 Å². The highest BCUT2D eigenvalue weighted by Gasteiger charge is 2.40. The molecule has 0 aromatic heterocycles. The Kier molecular flexibility index (Phi) is 3.65. The summed E-state index contributed by atoms with van der Waals surface area (Å²) in [7, 11) is 2.11. The van der Waals surface area contributed by atoms with E-state index in [1.54, 1.807) is 0 Å². The number of aliphatic hydroxyl groups is 1. The minimum atomic E-state index is -0.692. The summed E-state index contributed by atoms with van der Waals surface area (Å²) in [6, 6.07) is 10.0. The van der Waals surface area contributed by atoms with Gasteiger partial charge < -0.3 is 10.0 Å². The number of benzene rings is 1. The van der Waals surface area contributed by atoms with Crippen LogP contribution in [0, 0.1) is 5.92 Å². The van der Waals surface area contributed by atoms with Crippen molar-refractivity contribution in [3.8, 4) is 0 Å². The highest BCUT2D eigenvalue weighted by atomic mass is 16.3. The van der Waals surface area contributed by atoms with Crippen molar-refractivity contribution in [2.75, 3.05) is 20.1 Å². The number of piperidine rings is 1. The molecule has 2 atom stereocenters. The van der Waals surface area contributed by atoms with Crippen molar-refractivity contribution in [1.82, 2.24) is 4.90 Å². The van der Waals surface area contributed by atoms with Crippen molar-refractivity contribution < 1.29 is 5.11 Å². The minimum absolute atomic E-state index is 0.237. The smallest absolute Gasteiger partial charge is 0.0951 e. The molecule has 1 saturated heterocycles. The van der Waals surface area contributed by atoms with Crippen molar-refractivity contribution in [1.29, 1.82) is 0 Å². The number of rotatable bonds is 3. The van der Waals surface area contributed by atoms with Crippen LogP contribution in [0.5, 0.6) is 0 Å². The molecule has 2 heteroatoms. The topological polar surface area (TPSA) is 23.5 Å². The van der Waals surface area contributed by atoms with Crippen LogP contribution in [0.25, 0.3) is 0 Å². The molecule has 0 spiro atoms. The fourth-order valence-electron chi connectivity index (χ4n) is 2.76. The number of nitrogens with zero attached hydrogens (tertiary/aromatic N) is 1. The molecular formula is C15H21NO. The molecule has 1 aliphatic rings. The quantitative estimate of drug-likeness (QED) is 0.807. The molecule has 17 heavy (non-hydrogen) atoms. The van der Waals surface area contributed by atoms with Gasteiger partial charge in [-0.1, -0.05) is 36.4 Å². The normalized spacial score (nSPS) is 30.1. The van der Waals surface area contributed by atoms with E-state index in [2.05, 4.69) is 18.5 Å². The van der Waals surface area contributed by atoms with Gasteiger partial charge in [0.05, 0.1) is 5.60 Å². The number of hydrogen-bond donors (Lipinski definition) is 1. The van der Waals surface area contributed by atoms with Crippen LogP contribution >= 0.6 is 0 Å². The molecular weight excluding hydrogens is 210 g/mol. The molecule has 0 aliphatic carbocycles. The molecule has 1 N–H and O–H groups in total. The Morgan fingerprint density at radius 3 is 2.82 bits per heavy atom. The van der Waals surface area contributed by atoms with Crippen molar-refractivity contribution >= 4 is 0 Å². The summed E-state index contributed by atoms with van der Waals surface area (Å²) in [5.74, 6) is 0.237. The predicted octanol–water partition coefficient (Wildman–Crippen LogP) is 2.40. The third-order valence-electron chi connectivity index (χ3n) is 3.81. The standard InChI is InChI=1S/C15H21NO/c1-3-7-14-12-16(2)11-10-15(14,17)13-8-5-4-6-9-13/h3-6,8-9,14,17H,1,7,10-12H2,2H3. The first-order chi connectivity index (χ1) is 8.16. The van der Waals surface area contributed by atoms with Gasteiger partial charge in [0.15, 0.2) is 0 Å². The van der Waals surface area contributed by atoms with E-state index < -0.39 is 5.60 Å². The molecule has 2 nitrogen and oxygen atoms in total. The molecule has 0 saturated carbocycles. The SMILES string of the molecule is C=CCC1CN(C)CCC1(O)c1ccccc1. The van der Waals surface area contributed by atoms with E-state index in [9.17, 15) is 5.11 Å². The molecule has 2 rings (SSSR count). The van der Waals surface area contributed by atoms with E-state index in [-0.39, 0.29) is 5.92 Å². The Labute approximate surface area is 104 Å². The van der Waals surface area contributed by atoms with E-state index >= 15 is 0 Å². The van der Waals surface area contributed by atoms with Gasteiger partial charge in [-0.3, -0.25) is 0 Å². The maximum atomic E-state index is 11.0. The molecule has 92 valence electrons. The molecule has 1 aliphatic heterocycles. The van der Waals surface area contributed by atoms with Crippen LogP contribution in [0.3, 0.4) is 0 Å². The molecule has 2 unspecified atom stereocenters. The molecule has 1 heterocycles. The average Bonchev–Trinajstić information content (AvgIpc) is 2.35. The predicted molar refractivity (Wildman–Crippen MR) is 70.8 cm³/mol. The average molecular weight is 231 g/mol. The summed E-state index contributed by atoms with van der Waals surface area (Å²) in [6.45, 7) is 5.68. The van der Waals surface area contributed by atoms with Gasteiger partial charge in [-0.25, -0.2) is 0 Å². The van der Waals surface area contributed by atoms with E-state index in [0.717, 1.165) is 31.5 Å². The lowest BCUT2D eigenvalue weighted by Crippen LogP contribution is -2.48. The maximum absolute atomic E-state index is 11.0. The van der Waals surface area contributed by atoms with Crippen LogP contribution in [0.4, 0.5) is 0 Å². The van der Waals surface area contributed by atoms with Crippen molar-refractivity contribution in [3.63, 3.8) is 0 Å². The molecule has 0 amide bonds. The number of hydrogen-bond acceptors (Lipinski definition) is 2. The van der Waals surface area contributed by atoms with Gasteiger partial charge in [-0.2, -0.15) is 0 Å². The second-order valence-corrected chi connectivity index (χ2v) is 5.02. The lowest BCUT2D eigenvalue weighted by molar-refractivity contribution is -0.0719. The van der Waals surface area contributed by atoms with E-state index in [1.165, 1.54) is 0 Å². The van der Waals surface area contributed by atoms with Gasteiger partial charge in [0, 0.05) is 19.0 Å². The first kappa shape index (κ1) is 12.3. The highest BCUT2D eigenvalue weighted by Crippen LogP contribution is 2.38.